The fourth-order valence-electron chi connectivity index (χ4n) is 4.64. The van der Waals surface area contributed by atoms with Gasteiger partial charge in [0.2, 0.25) is 0 Å². The largest absolute Gasteiger partial charge is 0.493 e. The SMILES string of the molecule is CC(c1ccc2c(c1)OCC2)N1CCC(C(=O)CCc2ccc(S(C)(=O)=O)cc2)CC1. The zero-order chi connectivity index (χ0) is 22.0. The lowest BCUT2D eigenvalue weighted by molar-refractivity contribution is -0.124. The van der Waals surface area contributed by atoms with Crippen LogP contribution in [0.1, 0.15) is 48.9 Å². The van der Waals surface area contributed by atoms with Crippen molar-refractivity contribution >= 4 is 15.6 Å². The zero-order valence-electron chi connectivity index (χ0n) is 18.3. The smallest absolute Gasteiger partial charge is 0.175 e. The van der Waals surface area contributed by atoms with Gasteiger partial charge in [0.25, 0.3) is 0 Å². The first kappa shape index (κ1) is 22.0. The molecule has 4 rings (SSSR count). The molecule has 0 spiro atoms. The third kappa shape index (κ3) is 5.18. The van der Waals surface area contributed by atoms with Crippen LogP contribution in [0.4, 0.5) is 0 Å². The molecular weight excluding hydrogens is 410 g/mol. The number of hydrogen-bond donors (Lipinski definition) is 0. The van der Waals surface area contributed by atoms with Gasteiger partial charge in [0.15, 0.2) is 9.84 Å². The van der Waals surface area contributed by atoms with Crippen molar-refractivity contribution in [3.63, 3.8) is 0 Å². The number of hydrogen-bond acceptors (Lipinski definition) is 5. The first-order valence-electron chi connectivity index (χ1n) is 11.1. The number of fused-ring (bicyclic) bond motifs is 1. The molecule has 31 heavy (non-hydrogen) atoms. The lowest BCUT2D eigenvalue weighted by atomic mass is 9.88. The third-order valence-electron chi connectivity index (χ3n) is 6.75. The number of piperidine rings is 1. The monoisotopic (exact) mass is 441 g/mol. The zero-order valence-corrected chi connectivity index (χ0v) is 19.2. The number of carbonyl (C=O) groups is 1. The second-order valence-electron chi connectivity index (χ2n) is 8.83. The molecule has 0 amide bonds. The van der Waals surface area contributed by atoms with Gasteiger partial charge in [0.05, 0.1) is 11.5 Å². The Morgan fingerprint density at radius 1 is 1.13 bits per heavy atom. The molecule has 0 N–H and O–H groups in total. The highest BCUT2D eigenvalue weighted by molar-refractivity contribution is 7.90. The standard InChI is InChI=1S/C25H31NO4S/c1-18(22-7-6-21-13-16-30-25(21)17-22)26-14-11-20(12-15-26)24(27)10-5-19-3-8-23(9-4-19)31(2,28)29/h3-4,6-9,17-18,20H,5,10-16H2,1-2H3. The van der Waals surface area contributed by atoms with Gasteiger partial charge in [-0.05, 0) is 74.2 Å². The van der Waals surface area contributed by atoms with Gasteiger partial charge >= 0.3 is 0 Å². The number of ketones is 1. The second kappa shape index (κ2) is 9.13. The number of benzene rings is 2. The average molecular weight is 442 g/mol. The summed E-state index contributed by atoms with van der Waals surface area (Å²) in [6, 6.07) is 13.8. The van der Waals surface area contributed by atoms with Crippen molar-refractivity contribution < 1.29 is 17.9 Å². The Balaban J connectivity index is 1.27. The number of sulfone groups is 1. The molecule has 2 aliphatic rings. The molecule has 2 aromatic rings. The third-order valence-corrected chi connectivity index (χ3v) is 7.88. The van der Waals surface area contributed by atoms with E-state index in [2.05, 4.69) is 30.0 Å². The Bertz CT molecular complexity index is 1040. The van der Waals surface area contributed by atoms with E-state index in [0.29, 0.717) is 29.6 Å². The summed E-state index contributed by atoms with van der Waals surface area (Å²) in [5.74, 6) is 1.48. The Kier molecular flexibility index (Phi) is 6.49. The van der Waals surface area contributed by atoms with Crippen LogP contribution in [0.2, 0.25) is 0 Å². The molecule has 1 saturated heterocycles. The molecule has 6 heteroatoms. The minimum atomic E-state index is -3.18. The Morgan fingerprint density at radius 3 is 2.52 bits per heavy atom. The van der Waals surface area contributed by atoms with Gasteiger partial charge < -0.3 is 4.74 Å². The number of rotatable bonds is 7. The van der Waals surface area contributed by atoms with Gasteiger partial charge in [-0.15, -0.1) is 0 Å². The fourth-order valence-corrected chi connectivity index (χ4v) is 5.27. The molecule has 0 radical (unpaired) electrons. The molecule has 5 nitrogen and oxygen atoms in total. The normalized spacial score (nSPS) is 18.4. The van der Waals surface area contributed by atoms with E-state index < -0.39 is 9.84 Å². The average Bonchev–Trinajstić information content (AvgIpc) is 3.24. The minimum absolute atomic E-state index is 0.127. The predicted molar refractivity (Wildman–Crippen MR) is 121 cm³/mol. The maximum atomic E-state index is 12.7. The van der Waals surface area contributed by atoms with Crippen molar-refractivity contribution in [2.24, 2.45) is 5.92 Å². The van der Waals surface area contributed by atoms with Gasteiger partial charge in [0.1, 0.15) is 11.5 Å². The second-order valence-corrected chi connectivity index (χ2v) is 10.9. The molecule has 0 aromatic heterocycles. The quantitative estimate of drug-likeness (QED) is 0.650. The molecule has 0 saturated carbocycles. The summed E-state index contributed by atoms with van der Waals surface area (Å²) in [7, 11) is -3.18. The van der Waals surface area contributed by atoms with E-state index in [1.807, 2.05) is 12.1 Å². The molecule has 0 bridgehead atoms. The van der Waals surface area contributed by atoms with Crippen LogP contribution in [-0.4, -0.2) is 45.1 Å². The van der Waals surface area contributed by atoms with Crippen molar-refractivity contribution in [2.75, 3.05) is 26.0 Å². The van der Waals surface area contributed by atoms with E-state index in [1.165, 1.54) is 17.4 Å². The van der Waals surface area contributed by atoms with Crippen molar-refractivity contribution in [1.29, 1.82) is 0 Å². The highest BCUT2D eigenvalue weighted by atomic mass is 32.2. The number of likely N-dealkylation sites (tertiary alicyclic amines) is 1. The summed E-state index contributed by atoms with van der Waals surface area (Å²) < 4.78 is 28.9. The topological polar surface area (TPSA) is 63.7 Å². The Morgan fingerprint density at radius 2 is 1.84 bits per heavy atom. The summed E-state index contributed by atoms with van der Waals surface area (Å²) in [5.41, 5.74) is 3.58. The number of carbonyl (C=O) groups excluding carboxylic acids is 1. The van der Waals surface area contributed by atoms with E-state index >= 15 is 0 Å². The maximum Gasteiger partial charge on any atom is 0.175 e. The van der Waals surface area contributed by atoms with E-state index in [-0.39, 0.29) is 5.92 Å². The lowest BCUT2D eigenvalue weighted by Gasteiger charge is -2.36. The molecule has 2 aliphatic heterocycles. The lowest BCUT2D eigenvalue weighted by Crippen LogP contribution is -2.38. The van der Waals surface area contributed by atoms with Crippen LogP contribution in [0, 0.1) is 5.92 Å². The Hall–Kier alpha value is -2.18. The van der Waals surface area contributed by atoms with Crippen LogP contribution in [0.25, 0.3) is 0 Å². The van der Waals surface area contributed by atoms with E-state index in [4.69, 9.17) is 4.74 Å². The molecule has 0 aliphatic carbocycles. The van der Waals surface area contributed by atoms with Crippen LogP contribution >= 0.6 is 0 Å². The highest BCUT2D eigenvalue weighted by Crippen LogP contribution is 2.32. The molecule has 1 fully saturated rings. The molecule has 1 atom stereocenters. The van der Waals surface area contributed by atoms with Crippen LogP contribution in [0.3, 0.4) is 0 Å². The van der Waals surface area contributed by atoms with E-state index in [9.17, 15) is 13.2 Å². The van der Waals surface area contributed by atoms with Gasteiger partial charge in [-0.2, -0.15) is 0 Å². The fraction of sp³-hybridized carbons (Fsp3) is 0.480. The summed E-state index contributed by atoms with van der Waals surface area (Å²) in [6.07, 6.45) is 5.18. The molecule has 2 heterocycles. The van der Waals surface area contributed by atoms with Gasteiger partial charge in [-0.1, -0.05) is 24.3 Å². The van der Waals surface area contributed by atoms with E-state index in [1.54, 1.807) is 12.1 Å². The highest BCUT2D eigenvalue weighted by Gasteiger charge is 2.28. The van der Waals surface area contributed by atoms with Gasteiger partial charge in [0, 0.05) is 31.1 Å². The van der Waals surface area contributed by atoms with Crippen molar-refractivity contribution in [3.05, 3.63) is 59.2 Å². The van der Waals surface area contributed by atoms with Gasteiger partial charge in [-0.3, -0.25) is 9.69 Å². The molecular formula is C25H31NO4S. The first-order valence-corrected chi connectivity index (χ1v) is 13.0. The number of nitrogens with zero attached hydrogens (tertiary/aromatic N) is 1. The maximum absolute atomic E-state index is 12.7. The van der Waals surface area contributed by atoms with Crippen molar-refractivity contribution in [3.8, 4) is 5.75 Å². The molecule has 166 valence electrons. The summed E-state index contributed by atoms with van der Waals surface area (Å²) in [5, 5.41) is 0. The summed E-state index contributed by atoms with van der Waals surface area (Å²) >= 11 is 0. The van der Waals surface area contributed by atoms with Crippen LogP contribution in [0.5, 0.6) is 5.75 Å². The Labute approximate surface area is 185 Å². The minimum Gasteiger partial charge on any atom is -0.493 e. The van der Waals surface area contributed by atoms with Crippen LogP contribution < -0.4 is 4.74 Å². The number of ether oxygens (including phenoxy) is 1. The van der Waals surface area contributed by atoms with Crippen molar-refractivity contribution in [2.45, 2.75) is 50.0 Å². The summed E-state index contributed by atoms with van der Waals surface area (Å²) in [6.45, 7) is 4.87. The summed E-state index contributed by atoms with van der Waals surface area (Å²) in [4.78, 5) is 15.5. The number of aryl methyl sites for hydroxylation is 1. The van der Waals surface area contributed by atoms with Crippen molar-refractivity contribution in [1.82, 2.24) is 4.90 Å². The van der Waals surface area contributed by atoms with Crippen LogP contribution in [-0.2, 0) is 27.5 Å². The van der Waals surface area contributed by atoms with E-state index in [0.717, 1.165) is 50.3 Å². The van der Waals surface area contributed by atoms with Crippen LogP contribution in [0.15, 0.2) is 47.4 Å². The first-order chi connectivity index (χ1) is 14.8. The van der Waals surface area contributed by atoms with Gasteiger partial charge in [-0.25, -0.2) is 8.42 Å². The predicted octanol–water partition coefficient (Wildman–Crippen LogP) is 4.00. The molecule has 1 unspecified atom stereocenters. The molecule has 2 aromatic carbocycles. The number of Topliss-reactive ketones (excluding diaryl/α,β-unsaturated/α-hetero) is 1.